The van der Waals surface area contributed by atoms with Crippen LogP contribution < -0.4 is 27.4 Å². The highest BCUT2D eigenvalue weighted by Gasteiger charge is 2.31. The number of ether oxygens (including phenoxy) is 2. The van der Waals surface area contributed by atoms with Crippen LogP contribution in [0.3, 0.4) is 0 Å². The summed E-state index contributed by atoms with van der Waals surface area (Å²) in [6.45, 7) is 11.7. The van der Waals surface area contributed by atoms with Crippen molar-refractivity contribution < 1.29 is 28.7 Å². The number of carbonyl (C=O) groups is 4. The number of unbranched alkanes of at least 4 members (excludes halogenated alkanes) is 1. The lowest BCUT2D eigenvalue weighted by Crippen LogP contribution is -2.55. The molecular weight excluding hydrogens is 556 g/mol. The van der Waals surface area contributed by atoms with Gasteiger partial charge in [0.1, 0.15) is 23.3 Å². The van der Waals surface area contributed by atoms with E-state index < -0.39 is 47.5 Å². The Morgan fingerprint density at radius 1 is 0.953 bits per heavy atom. The van der Waals surface area contributed by atoms with Gasteiger partial charge in [-0.1, -0.05) is 23.2 Å². The maximum Gasteiger partial charge on any atom is 0.329 e. The smallest absolute Gasteiger partial charge is 0.329 e. The highest BCUT2D eigenvalue weighted by atomic mass is 16.6. The third-order valence-electron chi connectivity index (χ3n) is 6.13. The highest BCUT2D eigenvalue weighted by molar-refractivity contribution is 5.92. The van der Waals surface area contributed by atoms with Crippen LogP contribution in [0.5, 0.6) is 0 Å². The van der Waals surface area contributed by atoms with E-state index in [1.165, 1.54) is 0 Å². The molecule has 7 N–H and O–H groups in total. The van der Waals surface area contributed by atoms with E-state index in [0.717, 1.165) is 11.3 Å². The second-order valence-electron chi connectivity index (χ2n) is 12.5. The van der Waals surface area contributed by atoms with Crippen LogP contribution in [0, 0.1) is 0 Å². The molecule has 1 aliphatic carbocycles. The fourth-order valence-electron chi connectivity index (χ4n) is 4.20. The molecule has 1 rings (SSSR count). The van der Waals surface area contributed by atoms with Crippen LogP contribution in [0.1, 0.15) is 92.9 Å². The summed E-state index contributed by atoms with van der Waals surface area (Å²) in [6.07, 6.45) is 7.18. The molecular formula is C29H50N8O6. The molecule has 4 amide bonds. The molecule has 14 nitrogen and oxygen atoms in total. The normalized spacial score (nSPS) is 15.4. The van der Waals surface area contributed by atoms with Crippen molar-refractivity contribution in [2.45, 2.75) is 122 Å². The lowest BCUT2D eigenvalue weighted by atomic mass is 9.96. The van der Waals surface area contributed by atoms with Gasteiger partial charge in [-0.05, 0) is 91.7 Å². The molecule has 1 aliphatic rings. The third-order valence-corrected chi connectivity index (χ3v) is 6.13. The number of nitrogens with two attached hydrogens (primary N) is 2. The number of esters is 1. The SMILES string of the molecule is CC(C)(C)OC(=O)[C@H](CC1=CC=C(OC(C)(C)C)CC1)NC(=O)[C@H](CCCCN=[N+]=[N-])NC(=O)C(N)CCCNC(N)=O. The minimum absolute atomic E-state index is 0.226. The Balaban J connectivity index is 3.06. The van der Waals surface area contributed by atoms with Crippen molar-refractivity contribution in [3.8, 4) is 0 Å². The Morgan fingerprint density at radius 3 is 2.19 bits per heavy atom. The van der Waals surface area contributed by atoms with Crippen molar-refractivity contribution in [2.24, 2.45) is 16.6 Å². The molecule has 0 saturated heterocycles. The largest absolute Gasteiger partial charge is 0.492 e. The average molecular weight is 607 g/mol. The average Bonchev–Trinajstić information content (AvgIpc) is 2.88. The highest BCUT2D eigenvalue weighted by Crippen LogP contribution is 2.26. The second kappa shape index (κ2) is 18.0. The van der Waals surface area contributed by atoms with E-state index in [4.69, 9.17) is 26.5 Å². The summed E-state index contributed by atoms with van der Waals surface area (Å²) in [4.78, 5) is 53.2. The Hall–Kier alpha value is -3.77. The van der Waals surface area contributed by atoms with E-state index in [1.54, 1.807) is 20.8 Å². The van der Waals surface area contributed by atoms with Gasteiger partial charge < -0.3 is 36.9 Å². The zero-order valence-corrected chi connectivity index (χ0v) is 26.4. The minimum Gasteiger partial charge on any atom is -0.492 e. The Kier molecular flexibility index (Phi) is 15.6. The Morgan fingerprint density at radius 2 is 1.63 bits per heavy atom. The number of hydrogen-bond acceptors (Lipinski definition) is 8. The lowest BCUT2D eigenvalue weighted by molar-refractivity contribution is -0.158. The first-order chi connectivity index (χ1) is 20.0. The first-order valence-electron chi connectivity index (χ1n) is 14.7. The van der Waals surface area contributed by atoms with Gasteiger partial charge in [-0.25, -0.2) is 9.59 Å². The van der Waals surface area contributed by atoms with Crippen LogP contribution in [0.4, 0.5) is 4.79 Å². The standard InChI is InChI=1S/C29H50N8O6/c1-28(2,3)42-20-14-12-19(13-15-20)18-23(26(40)43-29(4,5)6)36-25(39)22(11-7-8-17-34-37-32)35-24(38)21(30)10-9-16-33-27(31)41/h12,14,21-23H,7-11,13,15-18,30H2,1-6H3,(H,35,38)(H,36,39)(H3,31,33,41)/t21?,22-,23-/m0/s1. The molecule has 0 fully saturated rings. The summed E-state index contributed by atoms with van der Waals surface area (Å²) in [5.41, 5.74) is 19.4. The number of primary amides is 1. The van der Waals surface area contributed by atoms with E-state index in [0.29, 0.717) is 32.1 Å². The Bertz CT molecular complexity index is 1070. The number of azide groups is 1. The van der Waals surface area contributed by atoms with Crippen molar-refractivity contribution >= 4 is 23.8 Å². The van der Waals surface area contributed by atoms with Crippen LogP contribution in [0.25, 0.3) is 10.4 Å². The molecule has 0 aromatic carbocycles. The van der Waals surface area contributed by atoms with Crippen LogP contribution in [0.2, 0.25) is 0 Å². The predicted molar refractivity (Wildman–Crippen MR) is 163 cm³/mol. The van der Waals surface area contributed by atoms with Gasteiger partial charge in [-0.2, -0.15) is 0 Å². The first-order valence-corrected chi connectivity index (χ1v) is 14.7. The van der Waals surface area contributed by atoms with Crippen molar-refractivity contribution in [2.75, 3.05) is 13.1 Å². The molecule has 14 heteroatoms. The van der Waals surface area contributed by atoms with E-state index in [2.05, 4.69) is 26.0 Å². The second-order valence-corrected chi connectivity index (χ2v) is 12.5. The maximum atomic E-state index is 13.5. The van der Waals surface area contributed by atoms with Crippen molar-refractivity contribution in [3.05, 3.63) is 33.9 Å². The number of allylic oxidation sites excluding steroid dienone is 3. The summed E-state index contributed by atoms with van der Waals surface area (Å²) in [7, 11) is 0. The van der Waals surface area contributed by atoms with Crippen LogP contribution in [-0.2, 0) is 23.9 Å². The van der Waals surface area contributed by atoms with Gasteiger partial charge in [-0.3, -0.25) is 9.59 Å². The molecule has 242 valence electrons. The fraction of sp³-hybridized carbons (Fsp3) is 0.724. The number of nitrogens with zero attached hydrogens (tertiary/aromatic N) is 3. The molecule has 3 atom stereocenters. The molecule has 0 spiro atoms. The Labute approximate surface area is 254 Å². The van der Waals surface area contributed by atoms with Gasteiger partial charge in [0.05, 0.1) is 11.8 Å². The fourth-order valence-corrected chi connectivity index (χ4v) is 4.20. The molecule has 0 heterocycles. The van der Waals surface area contributed by atoms with E-state index in [1.807, 2.05) is 32.9 Å². The summed E-state index contributed by atoms with van der Waals surface area (Å²) in [6, 6.07) is -3.59. The number of nitrogens with one attached hydrogen (secondary N) is 3. The van der Waals surface area contributed by atoms with Crippen LogP contribution in [-0.4, -0.2) is 66.2 Å². The number of urea groups is 1. The van der Waals surface area contributed by atoms with E-state index in [9.17, 15) is 19.2 Å². The monoisotopic (exact) mass is 606 g/mol. The predicted octanol–water partition coefficient (Wildman–Crippen LogP) is 3.36. The minimum atomic E-state index is -0.995. The number of hydrogen-bond donors (Lipinski definition) is 5. The summed E-state index contributed by atoms with van der Waals surface area (Å²) in [5.74, 6) is -0.845. The maximum absolute atomic E-state index is 13.5. The van der Waals surface area contributed by atoms with Crippen LogP contribution in [0.15, 0.2) is 28.6 Å². The number of rotatable bonds is 17. The summed E-state index contributed by atoms with van der Waals surface area (Å²) in [5, 5.41) is 11.4. The number of carbonyl (C=O) groups excluding carboxylic acids is 4. The van der Waals surface area contributed by atoms with Gasteiger partial charge in [0.25, 0.3) is 0 Å². The van der Waals surface area contributed by atoms with Crippen molar-refractivity contribution in [1.82, 2.24) is 16.0 Å². The van der Waals surface area contributed by atoms with Gasteiger partial charge in [0, 0.05) is 24.4 Å². The topological polar surface area (TPSA) is 224 Å². The zero-order valence-electron chi connectivity index (χ0n) is 26.4. The molecule has 0 aromatic rings. The first kappa shape index (κ1) is 37.3. The van der Waals surface area contributed by atoms with Crippen LogP contribution >= 0.6 is 0 Å². The third kappa shape index (κ3) is 17.1. The quantitative estimate of drug-likeness (QED) is 0.0545. The molecule has 43 heavy (non-hydrogen) atoms. The molecule has 0 bridgehead atoms. The van der Waals surface area contributed by atoms with E-state index >= 15 is 0 Å². The molecule has 1 unspecified atom stereocenters. The van der Waals surface area contributed by atoms with Gasteiger partial charge in [0.15, 0.2) is 0 Å². The zero-order chi connectivity index (χ0) is 32.6. The van der Waals surface area contributed by atoms with Gasteiger partial charge in [-0.15, -0.1) is 0 Å². The number of amides is 4. The van der Waals surface area contributed by atoms with Crippen molar-refractivity contribution in [1.29, 1.82) is 0 Å². The molecule has 0 radical (unpaired) electrons. The summed E-state index contributed by atoms with van der Waals surface area (Å²) >= 11 is 0. The van der Waals surface area contributed by atoms with Gasteiger partial charge in [0.2, 0.25) is 11.8 Å². The van der Waals surface area contributed by atoms with Crippen molar-refractivity contribution in [3.63, 3.8) is 0 Å². The molecule has 0 aromatic heterocycles. The lowest BCUT2D eigenvalue weighted by Gasteiger charge is -2.28. The summed E-state index contributed by atoms with van der Waals surface area (Å²) < 4.78 is 11.6. The molecule has 0 aliphatic heterocycles. The van der Waals surface area contributed by atoms with Gasteiger partial charge >= 0.3 is 12.0 Å². The van der Waals surface area contributed by atoms with E-state index in [-0.39, 0.29) is 38.0 Å². The molecule has 0 saturated carbocycles.